The van der Waals surface area contributed by atoms with E-state index in [9.17, 15) is 22.8 Å². The Morgan fingerprint density at radius 1 is 0.971 bits per heavy atom. The number of benzene rings is 2. The second-order valence-corrected chi connectivity index (χ2v) is 9.47. The number of piperazine rings is 1. The lowest BCUT2D eigenvalue weighted by Gasteiger charge is -2.35. The molecule has 34 heavy (non-hydrogen) atoms. The molecule has 0 saturated carbocycles. The molecule has 2 bridgehead atoms. The second kappa shape index (κ2) is 9.29. The van der Waals surface area contributed by atoms with Crippen LogP contribution >= 0.6 is 0 Å². The summed E-state index contributed by atoms with van der Waals surface area (Å²) in [5.41, 5.74) is 9.90. The number of fused-ring (bicyclic) bond motifs is 2. The molecular formula is C25H29F3N4O2. The molecule has 2 heterocycles. The van der Waals surface area contributed by atoms with Gasteiger partial charge in [-0.1, -0.05) is 17.7 Å². The molecule has 3 amide bonds. The highest BCUT2D eigenvalue weighted by Crippen LogP contribution is 2.32. The fourth-order valence-corrected chi connectivity index (χ4v) is 5.19. The summed E-state index contributed by atoms with van der Waals surface area (Å²) in [5, 5.41) is 3.02. The van der Waals surface area contributed by atoms with E-state index < -0.39 is 23.5 Å². The van der Waals surface area contributed by atoms with Crippen LogP contribution in [0.5, 0.6) is 0 Å². The van der Waals surface area contributed by atoms with Crippen LogP contribution in [0.4, 0.5) is 23.7 Å². The van der Waals surface area contributed by atoms with Gasteiger partial charge in [0.2, 0.25) is 5.91 Å². The molecule has 0 aromatic heterocycles. The summed E-state index contributed by atoms with van der Waals surface area (Å²) in [4.78, 5) is 29.3. The third-order valence-electron chi connectivity index (χ3n) is 6.74. The molecule has 4 rings (SSSR count). The Balaban J connectivity index is 1.33. The van der Waals surface area contributed by atoms with Crippen LogP contribution in [0.25, 0.3) is 0 Å². The fraction of sp³-hybridized carbons (Fsp3) is 0.440. The van der Waals surface area contributed by atoms with Crippen molar-refractivity contribution >= 4 is 17.6 Å². The van der Waals surface area contributed by atoms with Gasteiger partial charge in [-0.2, -0.15) is 0 Å². The van der Waals surface area contributed by atoms with E-state index in [1.54, 1.807) is 9.80 Å². The summed E-state index contributed by atoms with van der Waals surface area (Å²) >= 11 is 0. The Hall–Kier alpha value is -3.07. The van der Waals surface area contributed by atoms with Crippen LogP contribution in [-0.2, 0) is 11.2 Å². The number of hydrogen-bond donors (Lipinski definition) is 2. The number of hydrogen-bond acceptors (Lipinski definition) is 3. The lowest BCUT2D eigenvalue weighted by molar-refractivity contribution is -0.133. The first-order valence-corrected chi connectivity index (χ1v) is 11.4. The molecule has 0 unspecified atom stereocenters. The quantitative estimate of drug-likeness (QED) is 0.647. The number of aryl methyl sites for hydroxylation is 3. The van der Waals surface area contributed by atoms with Gasteiger partial charge in [0.1, 0.15) is 5.82 Å². The zero-order valence-corrected chi connectivity index (χ0v) is 19.5. The van der Waals surface area contributed by atoms with Crippen LogP contribution in [0.15, 0.2) is 24.3 Å². The first-order valence-electron chi connectivity index (χ1n) is 11.4. The number of urea groups is 1. The van der Waals surface area contributed by atoms with Gasteiger partial charge in [0.15, 0.2) is 11.6 Å². The molecule has 2 aromatic carbocycles. The number of carbonyl (C=O) groups excluding carboxylic acids is 2. The molecule has 2 aliphatic rings. The van der Waals surface area contributed by atoms with Crippen molar-refractivity contribution in [2.45, 2.75) is 58.2 Å². The Labute approximate surface area is 196 Å². The fourth-order valence-electron chi connectivity index (χ4n) is 5.19. The summed E-state index contributed by atoms with van der Waals surface area (Å²) in [6.07, 6.45) is 0.564. The molecule has 3 N–H and O–H groups in total. The monoisotopic (exact) mass is 474 g/mol. The Morgan fingerprint density at radius 3 is 2.18 bits per heavy atom. The van der Waals surface area contributed by atoms with E-state index in [0.717, 1.165) is 28.4 Å². The standard InChI is InChI=1S/C25H29F3N4O2/c1-13-4-14(2)24(15(3)5-13)30-25(34)32-12-18-9-19(32)11-31(18)23(33)8-17(29)6-16-7-21(27)22(28)10-20(16)26/h4-5,7,10,17-19H,6,8-9,11-12,29H2,1-3H3,(H,30,34)/t17-,18+,19-/m1/s1. The van der Waals surface area contributed by atoms with Crippen molar-refractivity contribution in [2.24, 2.45) is 5.73 Å². The summed E-state index contributed by atoms with van der Waals surface area (Å²) in [6, 6.07) is 4.20. The van der Waals surface area contributed by atoms with Crippen LogP contribution in [0.2, 0.25) is 0 Å². The van der Waals surface area contributed by atoms with E-state index in [2.05, 4.69) is 5.32 Å². The molecule has 3 atom stereocenters. The van der Waals surface area contributed by atoms with Gasteiger partial charge < -0.3 is 20.9 Å². The molecule has 2 aromatic rings. The number of nitrogens with zero attached hydrogens (tertiary/aromatic N) is 2. The normalized spacial score (nSPS) is 20.1. The highest BCUT2D eigenvalue weighted by molar-refractivity contribution is 5.92. The van der Waals surface area contributed by atoms with E-state index in [4.69, 9.17) is 5.73 Å². The largest absolute Gasteiger partial charge is 0.336 e. The van der Waals surface area contributed by atoms with Gasteiger partial charge in [-0.05, 0) is 56.4 Å². The molecule has 2 fully saturated rings. The van der Waals surface area contributed by atoms with Crippen molar-refractivity contribution in [2.75, 3.05) is 18.4 Å². The Morgan fingerprint density at radius 2 is 1.56 bits per heavy atom. The SMILES string of the molecule is Cc1cc(C)c(NC(=O)N2C[C@@H]3C[C@@H]2CN3C(=O)C[C@H](N)Cc2cc(F)c(F)cc2F)c(C)c1. The maximum Gasteiger partial charge on any atom is 0.322 e. The minimum Gasteiger partial charge on any atom is -0.336 e. The molecule has 2 aliphatic heterocycles. The van der Waals surface area contributed by atoms with Gasteiger partial charge in [-0.15, -0.1) is 0 Å². The number of carbonyl (C=O) groups is 2. The van der Waals surface area contributed by atoms with Crippen LogP contribution in [0.3, 0.4) is 0 Å². The van der Waals surface area contributed by atoms with E-state index in [1.807, 2.05) is 32.9 Å². The molecular weight excluding hydrogens is 445 g/mol. The van der Waals surface area contributed by atoms with Gasteiger partial charge >= 0.3 is 6.03 Å². The van der Waals surface area contributed by atoms with E-state index in [1.165, 1.54) is 0 Å². The van der Waals surface area contributed by atoms with Gasteiger partial charge in [-0.3, -0.25) is 4.79 Å². The van der Waals surface area contributed by atoms with Crippen molar-refractivity contribution in [1.29, 1.82) is 0 Å². The van der Waals surface area contributed by atoms with Crippen molar-refractivity contribution < 1.29 is 22.8 Å². The van der Waals surface area contributed by atoms with Crippen molar-refractivity contribution in [3.05, 3.63) is 64.0 Å². The van der Waals surface area contributed by atoms with Crippen LogP contribution in [0, 0.1) is 38.2 Å². The van der Waals surface area contributed by atoms with Gasteiger partial charge in [0.05, 0.1) is 12.1 Å². The average Bonchev–Trinajstić information content (AvgIpc) is 3.35. The third kappa shape index (κ3) is 4.75. The van der Waals surface area contributed by atoms with Crippen LogP contribution in [0.1, 0.15) is 35.1 Å². The molecule has 0 aliphatic carbocycles. The van der Waals surface area contributed by atoms with E-state index in [-0.39, 0.29) is 42.4 Å². The first-order chi connectivity index (χ1) is 16.0. The highest BCUT2D eigenvalue weighted by Gasteiger charge is 2.47. The molecule has 0 radical (unpaired) electrons. The molecule has 9 heteroatoms. The minimum atomic E-state index is -1.26. The molecule has 6 nitrogen and oxygen atoms in total. The van der Waals surface area contributed by atoms with Crippen molar-refractivity contribution in [3.8, 4) is 0 Å². The Kier molecular flexibility index (Phi) is 6.58. The van der Waals surface area contributed by atoms with Gasteiger partial charge in [-0.25, -0.2) is 18.0 Å². The number of nitrogens with one attached hydrogen (secondary N) is 1. The number of amides is 3. The van der Waals surface area contributed by atoms with Gasteiger partial charge in [0.25, 0.3) is 0 Å². The smallest absolute Gasteiger partial charge is 0.322 e. The second-order valence-electron chi connectivity index (χ2n) is 9.47. The zero-order valence-electron chi connectivity index (χ0n) is 19.5. The number of likely N-dealkylation sites (tertiary alicyclic amines) is 2. The van der Waals surface area contributed by atoms with E-state index in [0.29, 0.717) is 25.6 Å². The number of halogens is 3. The summed E-state index contributed by atoms with van der Waals surface area (Å²) in [6.45, 7) is 6.77. The average molecular weight is 475 g/mol. The lowest BCUT2D eigenvalue weighted by atomic mass is 10.0. The maximum absolute atomic E-state index is 13.9. The van der Waals surface area contributed by atoms with E-state index >= 15 is 0 Å². The molecule has 2 saturated heterocycles. The zero-order chi connectivity index (χ0) is 24.7. The van der Waals surface area contributed by atoms with Crippen LogP contribution < -0.4 is 11.1 Å². The van der Waals surface area contributed by atoms with Crippen molar-refractivity contribution in [1.82, 2.24) is 9.80 Å². The third-order valence-corrected chi connectivity index (χ3v) is 6.74. The number of anilines is 1. The highest BCUT2D eigenvalue weighted by atomic mass is 19.2. The summed E-state index contributed by atoms with van der Waals surface area (Å²) in [7, 11) is 0. The lowest BCUT2D eigenvalue weighted by Crippen LogP contribution is -2.52. The maximum atomic E-state index is 13.9. The predicted molar refractivity (Wildman–Crippen MR) is 123 cm³/mol. The first kappa shape index (κ1) is 24.1. The van der Waals surface area contributed by atoms with Gasteiger partial charge in [0, 0.05) is 37.3 Å². The molecule has 182 valence electrons. The minimum absolute atomic E-state index is 0.0460. The summed E-state index contributed by atoms with van der Waals surface area (Å²) in [5.74, 6) is -3.49. The molecule has 0 spiro atoms. The summed E-state index contributed by atoms with van der Waals surface area (Å²) < 4.78 is 40.4. The number of rotatable bonds is 5. The topological polar surface area (TPSA) is 78.7 Å². The Bertz CT molecular complexity index is 1120. The van der Waals surface area contributed by atoms with Crippen LogP contribution in [-0.4, -0.2) is 53.0 Å². The predicted octanol–water partition coefficient (Wildman–Crippen LogP) is 3.81. The van der Waals surface area contributed by atoms with Crippen molar-refractivity contribution in [3.63, 3.8) is 0 Å². The number of nitrogens with two attached hydrogens (primary N) is 1.